The Morgan fingerprint density at radius 2 is 1.67 bits per heavy atom. The van der Waals surface area contributed by atoms with Crippen molar-refractivity contribution in [3.05, 3.63) is 32.8 Å². The highest BCUT2D eigenvalue weighted by Gasteiger charge is 2.36. The van der Waals surface area contributed by atoms with Crippen LogP contribution in [0.1, 0.15) is 11.5 Å². The van der Waals surface area contributed by atoms with E-state index in [-0.39, 0.29) is 17.4 Å². The van der Waals surface area contributed by atoms with Crippen molar-refractivity contribution in [1.82, 2.24) is 0 Å². The van der Waals surface area contributed by atoms with Gasteiger partial charge >= 0.3 is 0 Å². The predicted octanol–water partition coefficient (Wildman–Crippen LogP) is 3.16. The maximum atomic E-state index is 11.0. The van der Waals surface area contributed by atoms with E-state index in [0.29, 0.717) is 15.1 Å². The quantitative estimate of drug-likeness (QED) is 0.743. The van der Waals surface area contributed by atoms with Crippen LogP contribution >= 0.6 is 34.8 Å². The van der Waals surface area contributed by atoms with Gasteiger partial charge in [-0.1, -0.05) is 40.9 Å². The second-order valence-electron chi connectivity index (χ2n) is 3.54. The number of rotatable bonds is 1. The third-order valence-corrected chi connectivity index (χ3v) is 5.54. The van der Waals surface area contributed by atoms with Gasteiger partial charge in [0.15, 0.2) is 9.84 Å². The molecule has 82 valence electrons. The molecule has 1 aliphatic rings. The van der Waals surface area contributed by atoms with Gasteiger partial charge in [-0.2, -0.15) is 0 Å². The third-order valence-electron chi connectivity index (χ3n) is 2.42. The van der Waals surface area contributed by atoms with Crippen molar-refractivity contribution in [1.29, 1.82) is 0 Å². The molecule has 2 nitrogen and oxygen atoms in total. The summed E-state index contributed by atoms with van der Waals surface area (Å²) in [5.41, 5.74) is 0.765. The molecule has 1 heterocycles. The fourth-order valence-electron chi connectivity index (χ4n) is 1.60. The second-order valence-corrected chi connectivity index (χ2v) is 6.86. The number of hydrogen-bond acceptors (Lipinski definition) is 2. The second kappa shape index (κ2) is 3.81. The van der Waals surface area contributed by atoms with Gasteiger partial charge in [-0.15, -0.1) is 0 Å². The van der Waals surface area contributed by atoms with Crippen LogP contribution in [0.3, 0.4) is 0 Å². The molecule has 1 aromatic rings. The minimum absolute atomic E-state index is 0.0442. The van der Waals surface area contributed by atoms with Crippen LogP contribution in [0.25, 0.3) is 0 Å². The minimum Gasteiger partial charge on any atom is -0.229 e. The third kappa shape index (κ3) is 2.11. The van der Waals surface area contributed by atoms with E-state index < -0.39 is 9.84 Å². The largest absolute Gasteiger partial charge is 0.229 e. The summed E-state index contributed by atoms with van der Waals surface area (Å²) in [6.07, 6.45) is 0. The van der Waals surface area contributed by atoms with Gasteiger partial charge in [-0.05, 0) is 11.6 Å². The standard InChI is InChI=1S/C9H7Cl3O2S/c10-7-2-1-6(8(11)9(7)12)5-3-15(13,14)4-5/h1-2,5H,3-4H2. The highest BCUT2D eigenvalue weighted by atomic mass is 35.5. The molecule has 0 N–H and O–H groups in total. The zero-order chi connectivity index (χ0) is 11.2. The van der Waals surface area contributed by atoms with Crippen molar-refractivity contribution in [3.63, 3.8) is 0 Å². The van der Waals surface area contributed by atoms with Gasteiger partial charge in [0.1, 0.15) is 0 Å². The summed E-state index contributed by atoms with van der Waals surface area (Å²) in [6, 6.07) is 3.37. The average Bonchev–Trinajstić information content (AvgIpc) is 2.11. The van der Waals surface area contributed by atoms with Gasteiger partial charge in [-0.3, -0.25) is 0 Å². The van der Waals surface area contributed by atoms with Crippen LogP contribution in [0.2, 0.25) is 15.1 Å². The summed E-state index contributed by atoms with van der Waals surface area (Å²) in [6.45, 7) is 0. The van der Waals surface area contributed by atoms with Crippen LogP contribution in [-0.4, -0.2) is 19.9 Å². The Morgan fingerprint density at radius 1 is 1.07 bits per heavy atom. The molecular weight excluding hydrogens is 279 g/mol. The van der Waals surface area contributed by atoms with Crippen molar-refractivity contribution in [3.8, 4) is 0 Å². The van der Waals surface area contributed by atoms with Crippen molar-refractivity contribution >= 4 is 44.6 Å². The Kier molecular flexibility index (Phi) is 2.93. The monoisotopic (exact) mass is 284 g/mol. The molecule has 15 heavy (non-hydrogen) atoms. The minimum atomic E-state index is -2.85. The zero-order valence-electron chi connectivity index (χ0n) is 7.50. The first kappa shape index (κ1) is 11.5. The molecule has 1 saturated heterocycles. The van der Waals surface area contributed by atoms with E-state index in [2.05, 4.69) is 0 Å². The molecule has 1 aliphatic heterocycles. The Bertz CT molecular complexity index is 498. The van der Waals surface area contributed by atoms with Gasteiger partial charge in [0.25, 0.3) is 0 Å². The molecule has 0 bridgehead atoms. The summed E-state index contributed by atoms with van der Waals surface area (Å²) in [4.78, 5) is 0. The summed E-state index contributed by atoms with van der Waals surface area (Å²) in [5, 5.41) is 1.04. The summed E-state index contributed by atoms with van der Waals surface area (Å²) >= 11 is 17.6. The average molecular weight is 286 g/mol. The number of halogens is 3. The van der Waals surface area contributed by atoms with Gasteiger partial charge in [-0.25, -0.2) is 8.42 Å². The van der Waals surface area contributed by atoms with Gasteiger partial charge < -0.3 is 0 Å². The van der Waals surface area contributed by atoms with E-state index in [0.717, 1.165) is 5.56 Å². The predicted molar refractivity (Wildman–Crippen MR) is 62.9 cm³/mol. The van der Waals surface area contributed by atoms with Crippen LogP contribution in [-0.2, 0) is 9.84 Å². The molecule has 1 fully saturated rings. The van der Waals surface area contributed by atoms with E-state index in [1.807, 2.05) is 0 Å². The molecule has 0 spiro atoms. The first-order valence-corrected chi connectivity index (χ1v) is 7.20. The maximum Gasteiger partial charge on any atom is 0.151 e. The first-order chi connectivity index (χ1) is 6.91. The SMILES string of the molecule is O=S1(=O)CC(c2ccc(Cl)c(Cl)c2Cl)C1. The summed E-state index contributed by atoms with van der Waals surface area (Å²) in [5.74, 6) is 0.243. The van der Waals surface area contributed by atoms with E-state index in [9.17, 15) is 8.42 Å². The number of sulfone groups is 1. The molecule has 0 amide bonds. The molecule has 0 atom stereocenters. The Hall–Kier alpha value is 0.0400. The zero-order valence-corrected chi connectivity index (χ0v) is 10.6. The fourth-order valence-corrected chi connectivity index (χ4v) is 3.78. The van der Waals surface area contributed by atoms with Gasteiger partial charge in [0.2, 0.25) is 0 Å². The van der Waals surface area contributed by atoms with Gasteiger partial charge in [0, 0.05) is 5.92 Å². The van der Waals surface area contributed by atoms with Gasteiger partial charge in [0.05, 0.1) is 26.6 Å². The lowest BCUT2D eigenvalue weighted by Gasteiger charge is -2.27. The van der Waals surface area contributed by atoms with Crippen molar-refractivity contribution in [2.45, 2.75) is 5.92 Å². The number of hydrogen-bond donors (Lipinski definition) is 0. The lowest BCUT2D eigenvalue weighted by atomic mass is 10.0. The summed E-state index contributed by atoms with van der Waals surface area (Å²) in [7, 11) is -2.85. The molecule has 6 heteroatoms. The summed E-state index contributed by atoms with van der Waals surface area (Å²) < 4.78 is 22.1. The van der Waals surface area contributed by atoms with Crippen LogP contribution in [0.15, 0.2) is 12.1 Å². The van der Waals surface area contributed by atoms with Crippen molar-refractivity contribution in [2.24, 2.45) is 0 Å². The Labute approximate surface area is 103 Å². The maximum absolute atomic E-state index is 11.0. The molecule has 0 unspecified atom stereocenters. The highest BCUT2D eigenvalue weighted by Crippen LogP contribution is 2.39. The molecule has 2 rings (SSSR count). The topological polar surface area (TPSA) is 34.1 Å². The van der Waals surface area contributed by atoms with Crippen LogP contribution in [0.4, 0.5) is 0 Å². The molecule has 0 saturated carbocycles. The highest BCUT2D eigenvalue weighted by molar-refractivity contribution is 7.92. The smallest absolute Gasteiger partial charge is 0.151 e. The Balaban J connectivity index is 2.36. The van der Waals surface area contributed by atoms with Crippen molar-refractivity contribution < 1.29 is 8.42 Å². The Morgan fingerprint density at radius 3 is 2.20 bits per heavy atom. The van der Waals surface area contributed by atoms with Crippen LogP contribution < -0.4 is 0 Å². The number of benzene rings is 1. The fraction of sp³-hybridized carbons (Fsp3) is 0.333. The normalized spacial score (nSPS) is 19.9. The molecule has 1 aromatic carbocycles. The molecular formula is C9H7Cl3O2S. The van der Waals surface area contributed by atoms with E-state index >= 15 is 0 Å². The van der Waals surface area contributed by atoms with Crippen molar-refractivity contribution in [2.75, 3.05) is 11.5 Å². The lowest BCUT2D eigenvalue weighted by Crippen LogP contribution is -2.34. The van der Waals surface area contributed by atoms with E-state index in [1.54, 1.807) is 12.1 Å². The first-order valence-electron chi connectivity index (χ1n) is 4.24. The van der Waals surface area contributed by atoms with Crippen LogP contribution in [0.5, 0.6) is 0 Å². The van der Waals surface area contributed by atoms with Crippen LogP contribution in [0, 0.1) is 0 Å². The lowest BCUT2D eigenvalue weighted by molar-refractivity contribution is 0.565. The van der Waals surface area contributed by atoms with E-state index in [1.165, 1.54) is 0 Å². The molecule has 0 aliphatic carbocycles. The van der Waals surface area contributed by atoms with E-state index in [4.69, 9.17) is 34.8 Å². The molecule has 0 radical (unpaired) electrons. The molecule has 0 aromatic heterocycles.